The maximum absolute atomic E-state index is 14.4. The molecule has 1 aromatic carbocycles. The SMILES string of the molecule is Cc1c(C(F)(F)F)n(C)c(=O)n(-c2cc(NS(C)(=O)=O)c(C#N)cc2F)c1=O. The van der Waals surface area contributed by atoms with Gasteiger partial charge >= 0.3 is 11.9 Å². The van der Waals surface area contributed by atoms with Crippen LogP contribution in [0.25, 0.3) is 5.69 Å². The Labute approximate surface area is 155 Å². The van der Waals surface area contributed by atoms with Crippen molar-refractivity contribution in [1.82, 2.24) is 9.13 Å². The van der Waals surface area contributed by atoms with Gasteiger partial charge in [-0.15, -0.1) is 0 Å². The first kappa shape index (κ1) is 21.2. The van der Waals surface area contributed by atoms with Gasteiger partial charge in [-0.05, 0) is 19.1 Å². The van der Waals surface area contributed by atoms with Gasteiger partial charge in [0.1, 0.15) is 17.6 Å². The summed E-state index contributed by atoms with van der Waals surface area (Å²) in [6.07, 6.45) is -4.27. The quantitative estimate of drug-likeness (QED) is 0.751. The zero-order chi connectivity index (χ0) is 21.6. The van der Waals surface area contributed by atoms with Crippen LogP contribution in [0.3, 0.4) is 0 Å². The number of aromatic nitrogens is 2. The average molecular weight is 420 g/mol. The van der Waals surface area contributed by atoms with Crippen molar-refractivity contribution in [2.45, 2.75) is 13.1 Å². The van der Waals surface area contributed by atoms with Gasteiger partial charge in [-0.25, -0.2) is 22.2 Å². The highest BCUT2D eigenvalue weighted by atomic mass is 32.2. The molecule has 1 N–H and O–H groups in total. The summed E-state index contributed by atoms with van der Waals surface area (Å²) in [4.78, 5) is 24.8. The van der Waals surface area contributed by atoms with Crippen LogP contribution in [0, 0.1) is 24.1 Å². The second-order valence-electron chi connectivity index (χ2n) is 5.79. The van der Waals surface area contributed by atoms with Crippen LogP contribution in [0.15, 0.2) is 21.7 Å². The predicted octanol–water partition coefficient (Wildman–Crippen LogP) is 1.25. The molecule has 0 bridgehead atoms. The Balaban J connectivity index is 2.94. The van der Waals surface area contributed by atoms with Gasteiger partial charge in [-0.2, -0.15) is 18.4 Å². The summed E-state index contributed by atoms with van der Waals surface area (Å²) < 4.78 is 78.9. The number of nitriles is 1. The number of hydrogen-bond donors (Lipinski definition) is 1. The number of rotatable bonds is 3. The van der Waals surface area contributed by atoms with E-state index in [9.17, 15) is 35.6 Å². The topological polar surface area (TPSA) is 114 Å². The number of sulfonamides is 1. The lowest BCUT2D eigenvalue weighted by molar-refractivity contribution is -0.144. The van der Waals surface area contributed by atoms with Gasteiger partial charge in [0.05, 0.1) is 23.2 Å². The fraction of sp³-hybridized carbons (Fsp3) is 0.267. The average Bonchev–Trinajstić information content (AvgIpc) is 2.53. The Morgan fingerprint density at radius 3 is 2.25 bits per heavy atom. The van der Waals surface area contributed by atoms with E-state index in [1.54, 1.807) is 0 Å². The fourth-order valence-electron chi connectivity index (χ4n) is 2.58. The molecule has 28 heavy (non-hydrogen) atoms. The number of halogens is 4. The molecule has 2 rings (SSSR count). The molecule has 13 heteroatoms. The third-order valence-corrected chi connectivity index (χ3v) is 4.30. The molecule has 0 aliphatic rings. The summed E-state index contributed by atoms with van der Waals surface area (Å²) in [5, 5.41) is 9.01. The highest BCUT2D eigenvalue weighted by Gasteiger charge is 2.38. The zero-order valence-corrected chi connectivity index (χ0v) is 15.4. The number of nitrogens with one attached hydrogen (secondary N) is 1. The first-order chi connectivity index (χ1) is 12.7. The third-order valence-electron chi connectivity index (χ3n) is 3.70. The molecule has 150 valence electrons. The number of benzene rings is 1. The summed E-state index contributed by atoms with van der Waals surface area (Å²) in [6.45, 7) is 0.818. The molecule has 0 spiro atoms. The summed E-state index contributed by atoms with van der Waals surface area (Å²) in [6, 6.07) is 2.77. The maximum Gasteiger partial charge on any atom is 0.432 e. The molecular formula is C15H12F4N4O4S. The van der Waals surface area contributed by atoms with E-state index >= 15 is 0 Å². The molecule has 8 nitrogen and oxygen atoms in total. The van der Waals surface area contributed by atoms with Crippen molar-refractivity contribution in [3.05, 3.63) is 55.6 Å². The molecule has 0 aliphatic heterocycles. The summed E-state index contributed by atoms with van der Waals surface area (Å²) in [7, 11) is -3.17. The van der Waals surface area contributed by atoms with E-state index in [1.165, 1.54) is 6.07 Å². The monoisotopic (exact) mass is 420 g/mol. The highest BCUT2D eigenvalue weighted by molar-refractivity contribution is 7.92. The number of anilines is 1. The summed E-state index contributed by atoms with van der Waals surface area (Å²) in [5.74, 6) is -1.28. The molecule has 2 aromatic rings. The van der Waals surface area contributed by atoms with Crippen LogP contribution >= 0.6 is 0 Å². The predicted molar refractivity (Wildman–Crippen MR) is 90.2 cm³/mol. The van der Waals surface area contributed by atoms with Crippen molar-refractivity contribution in [3.63, 3.8) is 0 Å². The second kappa shape index (κ2) is 6.79. The van der Waals surface area contributed by atoms with Crippen LogP contribution < -0.4 is 16.0 Å². The first-order valence-electron chi connectivity index (χ1n) is 7.30. The van der Waals surface area contributed by atoms with Gasteiger partial charge in [0.15, 0.2) is 0 Å². The van der Waals surface area contributed by atoms with Gasteiger partial charge in [-0.3, -0.25) is 14.1 Å². The Bertz CT molecular complexity index is 1200. The molecule has 0 amide bonds. The minimum absolute atomic E-state index is 0.133. The largest absolute Gasteiger partial charge is 0.432 e. The Hall–Kier alpha value is -3.14. The van der Waals surface area contributed by atoms with E-state index < -0.39 is 61.5 Å². The lowest BCUT2D eigenvalue weighted by Crippen LogP contribution is -2.43. The van der Waals surface area contributed by atoms with Crippen molar-refractivity contribution in [1.29, 1.82) is 5.26 Å². The molecule has 1 aromatic heterocycles. The van der Waals surface area contributed by atoms with E-state index in [-0.39, 0.29) is 9.13 Å². The lowest BCUT2D eigenvalue weighted by Gasteiger charge is -2.18. The molecular weight excluding hydrogens is 408 g/mol. The number of nitrogens with zero attached hydrogens (tertiary/aromatic N) is 3. The molecule has 0 saturated carbocycles. The molecule has 0 aliphatic carbocycles. The second-order valence-corrected chi connectivity index (χ2v) is 7.54. The van der Waals surface area contributed by atoms with Gasteiger partial charge in [0.25, 0.3) is 5.56 Å². The van der Waals surface area contributed by atoms with E-state index in [0.29, 0.717) is 12.1 Å². The van der Waals surface area contributed by atoms with Crippen LogP contribution in [0.5, 0.6) is 0 Å². The summed E-state index contributed by atoms with van der Waals surface area (Å²) >= 11 is 0. The molecule has 0 saturated heterocycles. The Morgan fingerprint density at radius 1 is 1.21 bits per heavy atom. The Morgan fingerprint density at radius 2 is 1.79 bits per heavy atom. The van der Waals surface area contributed by atoms with Crippen LogP contribution in [-0.4, -0.2) is 23.8 Å². The van der Waals surface area contributed by atoms with Gasteiger partial charge in [0, 0.05) is 12.6 Å². The normalized spacial score (nSPS) is 11.9. The van der Waals surface area contributed by atoms with Crippen LogP contribution in [0.2, 0.25) is 0 Å². The van der Waals surface area contributed by atoms with E-state index in [4.69, 9.17) is 5.26 Å². The van der Waals surface area contributed by atoms with Crippen LogP contribution in [-0.2, 0) is 23.2 Å². The minimum atomic E-state index is -5.01. The summed E-state index contributed by atoms with van der Waals surface area (Å²) in [5.41, 5.74) is -7.03. The van der Waals surface area contributed by atoms with Crippen LogP contribution in [0.1, 0.15) is 16.8 Å². The molecule has 0 unspecified atom stereocenters. The van der Waals surface area contributed by atoms with Crippen molar-refractivity contribution < 1.29 is 26.0 Å². The highest BCUT2D eigenvalue weighted by Crippen LogP contribution is 2.30. The van der Waals surface area contributed by atoms with Gasteiger partial charge in [0.2, 0.25) is 10.0 Å². The number of alkyl halides is 3. The van der Waals surface area contributed by atoms with Gasteiger partial charge < -0.3 is 0 Å². The standard InChI is InChI=1S/C15H12F4N4O4S/c1-7-12(15(17,18)19)22(2)14(25)23(13(7)24)11-5-10(21-28(3,26)27)8(6-20)4-9(11)16/h4-5,21H,1-3H3. The van der Waals surface area contributed by atoms with Crippen molar-refractivity contribution >= 4 is 15.7 Å². The Kier molecular flexibility index (Phi) is 5.13. The smallest absolute Gasteiger partial charge is 0.292 e. The van der Waals surface area contributed by atoms with E-state index in [2.05, 4.69) is 0 Å². The number of hydrogen-bond acceptors (Lipinski definition) is 5. The van der Waals surface area contributed by atoms with Gasteiger partial charge in [-0.1, -0.05) is 0 Å². The molecule has 0 fully saturated rings. The lowest BCUT2D eigenvalue weighted by atomic mass is 10.1. The minimum Gasteiger partial charge on any atom is -0.292 e. The van der Waals surface area contributed by atoms with E-state index in [1.807, 2.05) is 4.72 Å². The van der Waals surface area contributed by atoms with Crippen molar-refractivity contribution in [2.75, 3.05) is 11.0 Å². The van der Waals surface area contributed by atoms with Crippen molar-refractivity contribution in [2.24, 2.45) is 7.05 Å². The molecule has 1 heterocycles. The first-order valence-corrected chi connectivity index (χ1v) is 9.19. The third kappa shape index (κ3) is 3.77. The molecule has 0 atom stereocenters. The van der Waals surface area contributed by atoms with E-state index in [0.717, 1.165) is 20.2 Å². The maximum atomic E-state index is 14.4. The van der Waals surface area contributed by atoms with Crippen molar-refractivity contribution in [3.8, 4) is 11.8 Å². The molecule has 0 radical (unpaired) electrons. The van der Waals surface area contributed by atoms with Crippen LogP contribution in [0.4, 0.5) is 23.2 Å². The fourth-order valence-corrected chi connectivity index (χ4v) is 3.15. The zero-order valence-electron chi connectivity index (χ0n) is 14.5.